The number of allylic oxidation sites excluding steroid dienone is 1. The Morgan fingerprint density at radius 1 is 1.14 bits per heavy atom. The van der Waals surface area contributed by atoms with Crippen molar-refractivity contribution in [3.05, 3.63) is 69.2 Å². The molecule has 7 nitrogen and oxygen atoms in total. The van der Waals surface area contributed by atoms with E-state index in [1.807, 2.05) is 0 Å². The lowest BCUT2D eigenvalue weighted by atomic mass is 10.2. The molecular formula is C19H18Cl3N5O2. The zero-order chi connectivity index (χ0) is 20.8. The third kappa shape index (κ3) is 5.12. The van der Waals surface area contributed by atoms with Crippen LogP contribution in [0.2, 0.25) is 15.1 Å². The van der Waals surface area contributed by atoms with Gasteiger partial charge in [0.2, 0.25) is 5.95 Å². The molecule has 1 N–H and O–H groups in total. The average molecular weight is 455 g/mol. The fourth-order valence-corrected chi connectivity index (χ4v) is 3.28. The standard InChI is InChI=1S/C19H18Cl3N5O2/c1-3-7-27-19(24-25-26-27)23-10-12-8-17(28-2)18(9-16(12)22)29-11-13-14(20)5-4-6-15(13)21/h3-6,8-9H,1,7,10-11H2,2H3,(H,23,24,26). The van der Waals surface area contributed by atoms with Crippen molar-refractivity contribution in [2.45, 2.75) is 19.7 Å². The maximum Gasteiger partial charge on any atom is 0.243 e. The van der Waals surface area contributed by atoms with Crippen molar-refractivity contribution in [2.24, 2.45) is 0 Å². The van der Waals surface area contributed by atoms with E-state index in [0.717, 1.165) is 5.56 Å². The normalized spacial score (nSPS) is 10.6. The zero-order valence-electron chi connectivity index (χ0n) is 15.5. The Kier molecular flexibility index (Phi) is 7.19. The summed E-state index contributed by atoms with van der Waals surface area (Å²) in [6.07, 6.45) is 1.70. The first-order chi connectivity index (χ1) is 14.0. The molecule has 0 aliphatic carbocycles. The molecule has 0 fully saturated rings. The van der Waals surface area contributed by atoms with Crippen LogP contribution in [-0.2, 0) is 19.7 Å². The Morgan fingerprint density at radius 2 is 1.90 bits per heavy atom. The molecule has 0 bridgehead atoms. The van der Waals surface area contributed by atoms with Crippen LogP contribution in [0, 0.1) is 0 Å². The third-order valence-corrected chi connectivity index (χ3v) is 5.10. The van der Waals surface area contributed by atoms with Gasteiger partial charge in [0, 0.05) is 33.2 Å². The van der Waals surface area contributed by atoms with E-state index in [1.54, 1.807) is 48.2 Å². The highest BCUT2D eigenvalue weighted by molar-refractivity contribution is 6.36. The van der Waals surface area contributed by atoms with E-state index in [0.29, 0.717) is 51.2 Å². The van der Waals surface area contributed by atoms with Gasteiger partial charge in [0.15, 0.2) is 11.5 Å². The molecule has 1 aromatic heterocycles. The molecule has 2 aromatic carbocycles. The zero-order valence-corrected chi connectivity index (χ0v) is 17.8. The van der Waals surface area contributed by atoms with Gasteiger partial charge in [-0.15, -0.1) is 6.58 Å². The lowest BCUT2D eigenvalue weighted by molar-refractivity contribution is 0.284. The minimum Gasteiger partial charge on any atom is -0.493 e. The molecule has 0 amide bonds. The highest BCUT2D eigenvalue weighted by atomic mass is 35.5. The Morgan fingerprint density at radius 3 is 2.59 bits per heavy atom. The van der Waals surface area contributed by atoms with Gasteiger partial charge in [0.1, 0.15) is 6.61 Å². The molecule has 0 aliphatic heterocycles. The quantitative estimate of drug-likeness (QED) is 0.458. The molecule has 0 atom stereocenters. The van der Waals surface area contributed by atoms with Gasteiger partial charge in [-0.2, -0.15) is 0 Å². The van der Waals surface area contributed by atoms with E-state index < -0.39 is 0 Å². The van der Waals surface area contributed by atoms with Crippen LogP contribution in [0.1, 0.15) is 11.1 Å². The van der Waals surface area contributed by atoms with E-state index in [4.69, 9.17) is 44.3 Å². The maximum atomic E-state index is 6.44. The summed E-state index contributed by atoms with van der Waals surface area (Å²) < 4.78 is 12.9. The number of anilines is 1. The second-order valence-corrected chi connectivity index (χ2v) is 7.13. The predicted octanol–water partition coefficient (Wildman–Crippen LogP) is 5.02. The first-order valence-electron chi connectivity index (χ1n) is 8.56. The minimum absolute atomic E-state index is 0.180. The number of nitrogens with one attached hydrogen (secondary N) is 1. The van der Waals surface area contributed by atoms with Crippen LogP contribution in [0.15, 0.2) is 43.0 Å². The lowest BCUT2D eigenvalue weighted by Crippen LogP contribution is -2.09. The molecule has 3 aromatic rings. The van der Waals surface area contributed by atoms with Crippen LogP contribution < -0.4 is 14.8 Å². The summed E-state index contributed by atoms with van der Waals surface area (Å²) in [7, 11) is 1.56. The third-order valence-electron chi connectivity index (χ3n) is 4.04. The fourth-order valence-electron chi connectivity index (χ4n) is 2.56. The highest BCUT2D eigenvalue weighted by Gasteiger charge is 2.14. The van der Waals surface area contributed by atoms with Crippen molar-refractivity contribution in [3.63, 3.8) is 0 Å². The number of halogens is 3. The highest BCUT2D eigenvalue weighted by Crippen LogP contribution is 2.35. The number of methoxy groups -OCH3 is 1. The second kappa shape index (κ2) is 9.82. The van der Waals surface area contributed by atoms with Gasteiger partial charge in [-0.3, -0.25) is 0 Å². The summed E-state index contributed by atoms with van der Waals surface area (Å²) in [4.78, 5) is 0. The van der Waals surface area contributed by atoms with Gasteiger partial charge in [0.25, 0.3) is 0 Å². The molecule has 152 valence electrons. The molecule has 10 heteroatoms. The van der Waals surface area contributed by atoms with Crippen LogP contribution in [0.25, 0.3) is 0 Å². The van der Waals surface area contributed by atoms with Crippen LogP contribution in [0.3, 0.4) is 0 Å². The maximum absolute atomic E-state index is 6.44. The molecule has 0 unspecified atom stereocenters. The van der Waals surface area contributed by atoms with Crippen molar-refractivity contribution in [3.8, 4) is 11.5 Å². The van der Waals surface area contributed by atoms with E-state index in [9.17, 15) is 0 Å². The van der Waals surface area contributed by atoms with Crippen LogP contribution in [0.5, 0.6) is 11.5 Å². The summed E-state index contributed by atoms with van der Waals surface area (Å²) in [6, 6.07) is 8.77. The molecule has 3 rings (SSSR count). The molecular weight excluding hydrogens is 437 g/mol. The Labute approximate surface area is 183 Å². The molecule has 0 aliphatic rings. The smallest absolute Gasteiger partial charge is 0.243 e. The lowest BCUT2D eigenvalue weighted by Gasteiger charge is -2.15. The Hall–Kier alpha value is -2.48. The van der Waals surface area contributed by atoms with E-state index in [1.165, 1.54) is 0 Å². The minimum atomic E-state index is 0.180. The second-order valence-electron chi connectivity index (χ2n) is 5.91. The van der Waals surface area contributed by atoms with E-state index in [-0.39, 0.29) is 6.61 Å². The molecule has 1 heterocycles. The van der Waals surface area contributed by atoms with Crippen molar-refractivity contribution >= 4 is 40.8 Å². The van der Waals surface area contributed by atoms with Gasteiger partial charge in [-0.1, -0.05) is 52.0 Å². The Balaban J connectivity index is 1.75. The summed E-state index contributed by atoms with van der Waals surface area (Å²) in [5, 5.41) is 16.2. The van der Waals surface area contributed by atoms with Crippen LogP contribution in [-0.4, -0.2) is 27.3 Å². The topological polar surface area (TPSA) is 74.1 Å². The number of nitrogens with zero attached hydrogens (tertiary/aromatic N) is 4. The SMILES string of the molecule is C=CCn1nnnc1NCc1cc(OC)c(OCc2c(Cl)cccc2Cl)cc1Cl. The Bertz CT molecular complexity index is 989. The predicted molar refractivity (Wildman–Crippen MR) is 114 cm³/mol. The van der Waals surface area contributed by atoms with Crippen molar-refractivity contribution < 1.29 is 9.47 Å². The first-order valence-corrected chi connectivity index (χ1v) is 9.70. The van der Waals surface area contributed by atoms with Gasteiger partial charge in [-0.25, -0.2) is 4.68 Å². The molecule has 0 radical (unpaired) electrons. The van der Waals surface area contributed by atoms with Gasteiger partial charge in [0.05, 0.1) is 13.7 Å². The summed E-state index contributed by atoms with van der Waals surface area (Å²) in [5.74, 6) is 1.52. The summed E-state index contributed by atoms with van der Waals surface area (Å²) in [6.45, 7) is 4.74. The van der Waals surface area contributed by atoms with Crippen molar-refractivity contribution in [1.29, 1.82) is 0 Å². The number of hydrogen-bond acceptors (Lipinski definition) is 6. The van der Waals surface area contributed by atoms with E-state index in [2.05, 4.69) is 27.4 Å². The van der Waals surface area contributed by atoms with Gasteiger partial charge in [-0.05, 0) is 34.2 Å². The fraction of sp³-hybridized carbons (Fsp3) is 0.211. The molecule has 0 saturated carbocycles. The first kappa shape index (κ1) is 21.2. The van der Waals surface area contributed by atoms with Crippen LogP contribution in [0.4, 0.5) is 5.95 Å². The largest absolute Gasteiger partial charge is 0.493 e. The number of aromatic nitrogens is 4. The number of tetrazole rings is 1. The van der Waals surface area contributed by atoms with Crippen molar-refractivity contribution in [2.75, 3.05) is 12.4 Å². The van der Waals surface area contributed by atoms with Gasteiger partial charge < -0.3 is 14.8 Å². The van der Waals surface area contributed by atoms with E-state index >= 15 is 0 Å². The summed E-state index contributed by atoms with van der Waals surface area (Å²) in [5.41, 5.74) is 1.48. The number of rotatable bonds is 9. The number of benzene rings is 2. The summed E-state index contributed by atoms with van der Waals surface area (Å²) >= 11 is 18.8. The van der Waals surface area contributed by atoms with Gasteiger partial charge >= 0.3 is 0 Å². The van der Waals surface area contributed by atoms with Crippen LogP contribution >= 0.6 is 34.8 Å². The number of hydrogen-bond donors (Lipinski definition) is 1. The molecule has 29 heavy (non-hydrogen) atoms. The average Bonchev–Trinajstić information content (AvgIpc) is 3.14. The molecule has 0 saturated heterocycles. The molecule has 0 spiro atoms. The van der Waals surface area contributed by atoms with Crippen molar-refractivity contribution in [1.82, 2.24) is 20.2 Å². The number of ether oxygens (including phenoxy) is 2. The monoisotopic (exact) mass is 453 g/mol.